The highest BCUT2D eigenvalue weighted by molar-refractivity contribution is 5.96. The number of Topliss-reactive ketones (excluding diaryl/α,β-unsaturated/α-hetero) is 1. The van der Waals surface area contributed by atoms with Gasteiger partial charge < -0.3 is 4.74 Å². The lowest BCUT2D eigenvalue weighted by atomic mass is 10.1. The summed E-state index contributed by atoms with van der Waals surface area (Å²) in [5, 5.41) is 0. The Morgan fingerprint density at radius 1 is 1.16 bits per heavy atom. The first-order valence-corrected chi connectivity index (χ1v) is 6.33. The summed E-state index contributed by atoms with van der Waals surface area (Å²) in [7, 11) is 0. The molecule has 0 atom stereocenters. The van der Waals surface area contributed by atoms with Crippen LogP contribution in [0.3, 0.4) is 0 Å². The van der Waals surface area contributed by atoms with E-state index in [0.29, 0.717) is 12.2 Å². The number of ketones is 1. The maximum absolute atomic E-state index is 11.6. The van der Waals surface area contributed by atoms with Crippen LogP contribution in [0.15, 0.2) is 65.8 Å². The molecule has 1 rings (SSSR count). The highest BCUT2D eigenvalue weighted by Crippen LogP contribution is 2.13. The van der Waals surface area contributed by atoms with Gasteiger partial charge in [0.15, 0.2) is 5.78 Å². The molecular weight excluding hydrogens is 236 g/mol. The van der Waals surface area contributed by atoms with Crippen molar-refractivity contribution < 1.29 is 9.53 Å². The zero-order valence-corrected chi connectivity index (χ0v) is 11.7. The predicted octanol–water partition coefficient (Wildman–Crippen LogP) is 4.10. The number of carbonyl (C=O) groups is 1. The van der Waals surface area contributed by atoms with Crippen molar-refractivity contribution in [2.75, 3.05) is 6.61 Å². The third kappa shape index (κ3) is 5.38. The van der Waals surface area contributed by atoms with Gasteiger partial charge in [-0.15, -0.1) is 0 Å². The minimum atomic E-state index is 0.0508. The lowest BCUT2D eigenvalue weighted by Gasteiger charge is -2.08. The van der Waals surface area contributed by atoms with E-state index >= 15 is 0 Å². The molecule has 0 heterocycles. The Balaban J connectivity index is 2.76. The van der Waals surface area contributed by atoms with Gasteiger partial charge in [-0.1, -0.05) is 42.5 Å². The lowest BCUT2D eigenvalue weighted by Crippen LogP contribution is -2.05. The minimum Gasteiger partial charge on any atom is -0.489 e. The number of rotatable bonds is 6. The fraction of sp³-hybridized carbons (Fsp3) is 0.235. The van der Waals surface area contributed by atoms with Gasteiger partial charge in [0.25, 0.3) is 0 Å². The number of carbonyl (C=O) groups excluding carboxylic acids is 1. The van der Waals surface area contributed by atoms with Crippen LogP contribution in [0.2, 0.25) is 0 Å². The first-order valence-electron chi connectivity index (χ1n) is 6.33. The monoisotopic (exact) mass is 256 g/mol. The lowest BCUT2D eigenvalue weighted by molar-refractivity contribution is -0.113. The smallest absolute Gasteiger partial charge is 0.159 e. The number of ether oxygens (including phenoxy) is 1. The Hall–Kier alpha value is -2.09. The molecule has 0 aliphatic carbocycles. The summed E-state index contributed by atoms with van der Waals surface area (Å²) in [5.74, 6) is 0.858. The van der Waals surface area contributed by atoms with Crippen LogP contribution in [-0.4, -0.2) is 12.4 Å². The summed E-state index contributed by atoms with van der Waals surface area (Å²) >= 11 is 0. The molecule has 0 aromatic heterocycles. The Bertz CT molecular complexity index is 493. The normalized spacial score (nSPS) is 12.8. The van der Waals surface area contributed by atoms with Gasteiger partial charge >= 0.3 is 0 Å². The average molecular weight is 256 g/mol. The Morgan fingerprint density at radius 3 is 2.42 bits per heavy atom. The van der Waals surface area contributed by atoms with Gasteiger partial charge in [-0.3, -0.25) is 4.79 Å². The third-order valence-corrected chi connectivity index (χ3v) is 2.60. The summed E-state index contributed by atoms with van der Waals surface area (Å²) in [6, 6.07) is 9.58. The van der Waals surface area contributed by atoms with Crippen molar-refractivity contribution in [3.63, 3.8) is 0 Å². The van der Waals surface area contributed by atoms with Crippen molar-refractivity contribution in [3.8, 4) is 5.75 Å². The third-order valence-electron chi connectivity index (χ3n) is 2.60. The molecule has 0 N–H and O–H groups in total. The Kier molecular flexibility index (Phi) is 6.37. The van der Waals surface area contributed by atoms with Crippen molar-refractivity contribution in [3.05, 3.63) is 65.8 Å². The number of benzene rings is 1. The fourth-order valence-electron chi connectivity index (χ4n) is 1.61. The maximum atomic E-state index is 11.6. The molecule has 2 heteroatoms. The number of para-hydroxylation sites is 1. The van der Waals surface area contributed by atoms with Gasteiger partial charge in [-0.2, -0.15) is 0 Å². The van der Waals surface area contributed by atoms with Crippen LogP contribution < -0.4 is 4.74 Å². The molecule has 2 nitrogen and oxygen atoms in total. The molecule has 0 bridgehead atoms. The molecule has 0 saturated carbocycles. The summed E-state index contributed by atoms with van der Waals surface area (Å²) in [6.45, 7) is 5.84. The van der Waals surface area contributed by atoms with Gasteiger partial charge in [0.2, 0.25) is 0 Å². The Morgan fingerprint density at radius 2 is 1.84 bits per heavy atom. The van der Waals surface area contributed by atoms with Crippen LogP contribution in [-0.2, 0) is 4.79 Å². The predicted molar refractivity (Wildman–Crippen MR) is 79.3 cm³/mol. The second-order valence-electron chi connectivity index (χ2n) is 4.24. The van der Waals surface area contributed by atoms with Gasteiger partial charge in [0.05, 0.1) is 0 Å². The molecule has 0 saturated heterocycles. The summed E-state index contributed by atoms with van der Waals surface area (Å²) in [5.41, 5.74) is 1.63. The summed E-state index contributed by atoms with van der Waals surface area (Å²) in [4.78, 5) is 11.6. The van der Waals surface area contributed by atoms with Gasteiger partial charge in [-0.05, 0) is 38.5 Å². The molecule has 1 aromatic rings. The van der Waals surface area contributed by atoms with E-state index in [4.69, 9.17) is 4.74 Å². The molecule has 0 aliphatic rings. The van der Waals surface area contributed by atoms with E-state index in [1.807, 2.05) is 68.5 Å². The van der Waals surface area contributed by atoms with E-state index in [9.17, 15) is 4.79 Å². The van der Waals surface area contributed by atoms with Gasteiger partial charge in [0.1, 0.15) is 12.4 Å². The van der Waals surface area contributed by atoms with Crippen LogP contribution in [0, 0.1) is 0 Å². The Labute approximate surface area is 115 Å². The molecule has 0 radical (unpaired) electrons. The highest BCUT2D eigenvalue weighted by atomic mass is 16.5. The fourth-order valence-corrected chi connectivity index (χ4v) is 1.61. The first kappa shape index (κ1) is 15.0. The number of allylic oxidation sites excluding steroid dienone is 5. The van der Waals surface area contributed by atoms with E-state index in [1.54, 1.807) is 6.92 Å². The highest BCUT2D eigenvalue weighted by Gasteiger charge is 2.05. The summed E-state index contributed by atoms with van der Waals surface area (Å²) < 4.78 is 5.64. The standard InChI is InChI=1S/C17H20O2/c1-4-5-7-12-17(15(3)18)14(2)13-19-16-10-8-6-9-11-16/h4-12H,13H2,1-3H3/b5-4-,12-7-,17-14-. The number of hydrogen-bond acceptors (Lipinski definition) is 2. The largest absolute Gasteiger partial charge is 0.489 e. The average Bonchev–Trinajstić information content (AvgIpc) is 2.42. The summed E-state index contributed by atoms with van der Waals surface area (Å²) in [6.07, 6.45) is 7.51. The molecule has 0 spiro atoms. The topological polar surface area (TPSA) is 26.3 Å². The van der Waals surface area contributed by atoms with Crippen molar-refractivity contribution >= 4 is 5.78 Å². The minimum absolute atomic E-state index is 0.0508. The van der Waals surface area contributed by atoms with E-state index < -0.39 is 0 Å². The molecule has 0 unspecified atom stereocenters. The van der Waals surface area contributed by atoms with Gasteiger partial charge in [0, 0.05) is 5.57 Å². The van der Waals surface area contributed by atoms with Crippen LogP contribution in [0.1, 0.15) is 20.8 Å². The maximum Gasteiger partial charge on any atom is 0.159 e. The molecule has 0 fully saturated rings. The van der Waals surface area contributed by atoms with E-state index in [0.717, 1.165) is 11.3 Å². The van der Waals surface area contributed by atoms with E-state index in [1.165, 1.54) is 0 Å². The van der Waals surface area contributed by atoms with E-state index in [2.05, 4.69) is 0 Å². The van der Waals surface area contributed by atoms with Crippen molar-refractivity contribution in [1.82, 2.24) is 0 Å². The van der Waals surface area contributed by atoms with Gasteiger partial charge in [-0.25, -0.2) is 0 Å². The van der Waals surface area contributed by atoms with Crippen LogP contribution in [0.4, 0.5) is 0 Å². The zero-order valence-electron chi connectivity index (χ0n) is 11.7. The van der Waals surface area contributed by atoms with Crippen molar-refractivity contribution in [2.45, 2.75) is 20.8 Å². The second kappa shape index (κ2) is 8.09. The molecule has 0 amide bonds. The molecule has 1 aromatic carbocycles. The van der Waals surface area contributed by atoms with Crippen LogP contribution in [0.5, 0.6) is 5.75 Å². The van der Waals surface area contributed by atoms with Crippen LogP contribution in [0.25, 0.3) is 0 Å². The molecular formula is C17H20O2. The molecule has 100 valence electrons. The second-order valence-corrected chi connectivity index (χ2v) is 4.24. The van der Waals surface area contributed by atoms with Crippen LogP contribution >= 0.6 is 0 Å². The quantitative estimate of drug-likeness (QED) is 0.565. The first-order chi connectivity index (χ1) is 9.15. The van der Waals surface area contributed by atoms with Crippen molar-refractivity contribution in [2.24, 2.45) is 0 Å². The number of hydrogen-bond donors (Lipinski definition) is 0. The van der Waals surface area contributed by atoms with E-state index in [-0.39, 0.29) is 5.78 Å². The SMILES string of the molecule is C\C=C/C=C\C(C(C)=O)=C(/C)COc1ccccc1. The molecule has 0 aliphatic heterocycles. The van der Waals surface area contributed by atoms with Crippen molar-refractivity contribution in [1.29, 1.82) is 0 Å². The molecule has 19 heavy (non-hydrogen) atoms. The zero-order chi connectivity index (χ0) is 14.1.